The van der Waals surface area contributed by atoms with Crippen molar-refractivity contribution < 1.29 is 18.0 Å². The number of ketones is 1. The number of para-hydroxylation sites is 1. The third-order valence-electron chi connectivity index (χ3n) is 2.82. The first kappa shape index (κ1) is 17.3. The van der Waals surface area contributed by atoms with Gasteiger partial charge in [0.15, 0.2) is 0 Å². The molecule has 6 heteroatoms. The molecule has 0 aromatic heterocycles. The maximum atomic E-state index is 12.3. The van der Waals surface area contributed by atoms with E-state index in [4.69, 9.17) is 0 Å². The molecule has 1 N–H and O–H groups in total. The van der Waals surface area contributed by atoms with Crippen LogP contribution in [0.15, 0.2) is 66.4 Å². The first-order valence-corrected chi connectivity index (χ1v) is 8.46. The average molecular weight is 384 g/mol. The number of hydrogen-bond acceptors (Lipinski definition) is 2. The van der Waals surface area contributed by atoms with E-state index in [1.807, 2.05) is 42.5 Å². The molecule has 0 aliphatic heterocycles. The fourth-order valence-corrected chi connectivity index (χ4v) is 3.74. The second-order valence-electron chi connectivity index (χ2n) is 4.73. The van der Waals surface area contributed by atoms with E-state index >= 15 is 0 Å². The van der Waals surface area contributed by atoms with Gasteiger partial charge in [0.2, 0.25) is 0 Å². The van der Waals surface area contributed by atoms with E-state index < -0.39 is 12.0 Å². The van der Waals surface area contributed by atoms with Crippen LogP contribution >= 0.6 is 0 Å². The van der Waals surface area contributed by atoms with Crippen LogP contribution in [0.25, 0.3) is 0 Å². The summed E-state index contributed by atoms with van der Waals surface area (Å²) < 4.78 is 39.0. The minimum absolute atomic E-state index is 0.0131. The molecule has 23 heavy (non-hydrogen) atoms. The van der Waals surface area contributed by atoms with Gasteiger partial charge in [-0.25, -0.2) is 0 Å². The van der Waals surface area contributed by atoms with E-state index in [-0.39, 0.29) is 20.7 Å². The van der Waals surface area contributed by atoms with Crippen molar-refractivity contribution in [3.8, 4) is 0 Å². The summed E-state index contributed by atoms with van der Waals surface area (Å²) in [6, 6.07) is 17.2. The Bertz CT molecular complexity index is 711. The van der Waals surface area contributed by atoms with Crippen LogP contribution in [0.3, 0.4) is 0 Å². The van der Waals surface area contributed by atoms with Crippen molar-refractivity contribution in [3.63, 3.8) is 0 Å². The van der Waals surface area contributed by atoms with Crippen LogP contribution in [0.1, 0.15) is 6.92 Å². The molecule has 0 atom stereocenters. The normalized spacial score (nSPS) is 12.1. The molecule has 0 saturated carbocycles. The molecule has 0 bridgehead atoms. The molecular weight excluding hydrogens is 370 g/mol. The van der Waals surface area contributed by atoms with Crippen molar-refractivity contribution in [2.75, 3.05) is 5.32 Å². The van der Waals surface area contributed by atoms with E-state index in [0.717, 1.165) is 8.92 Å². The van der Waals surface area contributed by atoms with Crippen molar-refractivity contribution >= 4 is 35.4 Å². The molecule has 0 heterocycles. The first-order valence-electron chi connectivity index (χ1n) is 6.74. The third-order valence-corrected chi connectivity index (χ3v) is 5.09. The zero-order chi connectivity index (χ0) is 16.9. The fraction of sp³-hybridized carbons (Fsp3) is 0.118. The van der Waals surface area contributed by atoms with E-state index in [0.29, 0.717) is 11.8 Å². The third kappa shape index (κ3) is 5.27. The van der Waals surface area contributed by atoms with Crippen LogP contribution in [0.5, 0.6) is 0 Å². The summed E-state index contributed by atoms with van der Waals surface area (Å²) in [6.45, 7) is 1.44. The predicted octanol–water partition coefficient (Wildman–Crippen LogP) is 2.79. The van der Waals surface area contributed by atoms with Gasteiger partial charge in [0.1, 0.15) is 0 Å². The van der Waals surface area contributed by atoms with Crippen LogP contribution < -0.4 is 14.2 Å². The number of nitrogens with one attached hydrogen (secondary N) is 1. The quantitative estimate of drug-likeness (QED) is 0.635. The van der Waals surface area contributed by atoms with Crippen molar-refractivity contribution in [1.82, 2.24) is 0 Å². The number of carbonyl (C=O) groups excluding carboxylic acids is 1. The van der Waals surface area contributed by atoms with Gasteiger partial charge in [-0.1, -0.05) is 0 Å². The van der Waals surface area contributed by atoms with E-state index in [9.17, 15) is 18.0 Å². The van der Waals surface area contributed by atoms with E-state index in [2.05, 4.69) is 5.32 Å². The second kappa shape index (κ2) is 7.49. The molecule has 0 saturated heterocycles. The van der Waals surface area contributed by atoms with Crippen molar-refractivity contribution in [2.24, 2.45) is 0 Å². The number of anilines is 1. The summed E-state index contributed by atoms with van der Waals surface area (Å²) >= 11 is 0.0131. The van der Waals surface area contributed by atoms with Crippen molar-refractivity contribution in [3.05, 3.63) is 66.4 Å². The Hall–Kier alpha value is -2.04. The molecule has 2 nitrogen and oxygen atoms in total. The molecule has 0 spiro atoms. The number of carbonyl (C=O) groups is 1. The molecule has 2 rings (SSSR count). The van der Waals surface area contributed by atoms with E-state index in [1.165, 1.54) is 6.92 Å². The van der Waals surface area contributed by atoms with Crippen LogP contribution in [0.2, 0.25) is 0 Å². The molecule has 0 radical (unpaired) electrons. The van der Waals surface area contributed by atoms with E-state index in [1.54, 1.807) is 12.1 Å². The van der Waals surface area contributed by atoms with Gasteiger partial charge in [-0.3, -0.25) is 0 Å². The van der Waals surface area contributed by atoms with Crippen LogP contribution in [-0.4, -0.2) is 26.9 Å². The fourth-order valence-electron chi connectivity index (χ4n) is 1.80. The van der Waals surface area contributed by atoms with Crippen LogP contribution in [-0.2, 0) is 4.79 Å². The Labute approximate surface area is 138 Å². The van der Waals surface area contributed by atoms with Gasteiger partial charge in [-0.15, -0.1) is 0 Å². The Morgan fingerprint density at radius 2 is 1.65 bits per heavy atom. The molecule has 0 amide bonds. The van der Waals surface area contributed by atoms with Gasteiger partial charge >= 0.3 is 138 Å². The molecule has 0 aliphatic carbocycles. The SMILES string of the molecule is C/C(=C/C(=O)C(F)(F)F)Nc1ccccc1[Se]c1ccccc1. The number of alkyl halides is 3. The minimum atomic E-state index is -4.85. The number of allylic oxidation sites excluding steroid dienone is 2. The molecule has 0 unspecified atom stereocenters. The molecule has 0 aliphatic rings. The Morgan fingerprint density at radius 3 is 2.30 bits per heavy atom. The maximum absolute atomic E-state index is 12.3. The summed E-state index contributed by atoms with van der Waals surface area (Å²) in [4.78, 5) is 11.0. The second-order valence-corrected chi connectivity index (χ2v) is 7.07. The van der Waals surface area contributed by atoms with Crippen LogP contribution in [0, 0.1) is 0 Å². The molecule has 2 aromatic rings. The zero-order valence-corrected chi connectivity index (χ0v) is 13.9. The predicted molar refractivity (Wildman–Crippen MR) is 86.3 cm³/mol. The molecule has 2 aromatic carbocycles. The summed E-state index contributed by atoms with van der Waals surface area (Å²) in [7, 11) is 0. The summed E-state index contributed by atoms with van der Waals surface area (Å²) in [5, 5.41) is 2.89. The Kier molecular flexibility index (Phi) is 5.64. The van der Waals surface area contributed by atoms with Crippen molar-refractivity contribution in [2.45, 2.75) is 13.1 Å². The number of rotatable bonds is 5. The first-order chi connectivity index (χ1) is 10.9. The topological polar surface area (TPSA) is 29.1 Å². The summed E-state index contributed by atoms with van der Waals surface area (Å²) in [5.74, 6) is -1.87. The van der Waals surface area contributed by atoms with Crippen LogP contribution in [0.4, 0.5) is 18.9 Å². The van der Waals surface area contributed by atoms with Gasteiger partial charge in [0, 0.05) is 0 Å². The Balaban J connectivity index is 2.18. The Morgan fingerprint density at radius 1 is 1.04 bits per heavy atom. The van der Waals surface area contributed by atoms with Gasteiger partial charge < -0.3 is 0 Å². The number of halogens is 3. The molecular formula is C17H14F3NOSe. The van der Waals surface area contributed by atoms with Crippen molar-refractivity contribution in [1.29, 1.82) is 0 Å². The monoisotopic (exact) mass is 385 g/mol. The number of hydrogen-bond donors (Lipinski definition) is 1. The van der Waals surface area contributed by atoms with Gasteiger partial charge in [-0.2, -0.15) is 0 Å². The molecule has 0 fully saturated rings. The molecule has 120 valence electrons. The summed E-state index contributed by atoms with van der Waals surface area (Å²) in [5.41, 5.74) is 0.865. The standard InChI is InChI=1S/C17H14F3NOSe/c1-12(11-16(22)17(18,19)20)21-14-9-5-6-10-15(14)23-13-7-3-2-4-8-13/h2-11,21H,1H3/b12-11-. The number of benzene rings is 2. The van der Waals surface area contributed by atoms with Gasteiger partial charge in [0.25, 0.3) is 0 Å². The average Bonchev–Trinajstić information content (AvgIpc) is 2.49. The van der Waals surface area contributed by atoms with Gasteiger partial charge in [0.05, 0.1) is 0 Å². The summed E-state index contributed by atoms with van der Waals surface area (Å²) in [6.07, 6.45) is -4.28. The zero-order valence-electron chi connectivity index (χ0n) is 12.2. The van der Waals surface area contributed by atoms with Gasteiger partial charge in [-0.05, 0) is 0 Å².